The summed E-state index contributed by atoms with van der Waals surface area (Å²) in [6.07, 6.45) is 10.1. The number of carbonyl (C=O) groups is 3. The summed E-state index contributed by atoms with van der Waals surface area (Å²) in [6, 6.07) is -1.15. The first-order valence-electron chi connectivity index (χ1n) is 11.3. The number of nitrogens with zero attached hydrogens (tertiary/aromatic N) is 2. The van der Waals surface area contributed by atoms with Crippen LogP contribution in [-0.2, 0) is 19.1 Å². The minimum Gasteiger partial charge on any atom is -0.461 e. The summed E-state index contributed by atoms with van der Waals surface area (Å²) in [5.74, 6) is -1.99. The Hall–Kier alpha value is -1.80. The van der Waals surface area contributed by atoms with Crippen LogP contribution in [0.3, 0.4) is 0 Å². The minimum absolute atomic E-state index is 0.0456. The summed E-state index contributed by atoms with van der Waals surface area (Å²) in [5.41, 5.74) is 0. The predicted molar refractivity (Wildman–Crippen MR) is 118 cm³/mol. The van der Waals surface area contributed by atoms with Crippen molar-refractivity contribution in [1.29, 1.82) is 0 Å². The second-order valence-electron chi connectivity index (χ2n) is 8.92. The zero-order valence-electron chi connectivity index (χ0n) is 18.4. The number of amides is 2. The predicted octanol–water partition coefficient (Wildman–Crippen LogP) is 1.75. The van der Waals surface area contributed by atoms with Crippen molar-refractivity contribution >= 4 is 29.5 Å². The Morgan fingerprint density at radius 2 is 2.03 bits per heavy atom. The lowest BCUT2D eigenvalue weighted by Gasteiger charge is -2.39. The Bertz CT molecular complexity index is 810. The molecule has 8 heteroatoms. The summed E-state index contributed by atoms with van der Waals surface area (Å²) in [6.45, 7) is 6.52. The van der Waals surface area contributed by atoms with Crippen LogP contribution < -0.4 is 0 Å². The summed E-state index contributed by atoms with van der Waals surface area (Å²) >= 11 is 1.54. The van der Waals surface area contributed by atoms with Gasteiger partial charge in [-0.15, -0.1) is 11.8 Å². The molecule has 0 saturated carbocycles. The zero-order chi connectivity index (χ0) is 22.3. The van der Waals surface area contributed by atoms with Gasteiger partial charge in [0, 0.05) is 17.8 Å². The van der Waals surface area contributed by atoms with E-state index in [-0.39, 0.29) is 42.3 Å². The Balaban J connectivity index is 1.84. The molecule has 4 aliphatic heterocycles. The molecule has 4 heterocycles. The van der Waals surface area contributed by atoms with Crippen molar-refractivity contribution in [2.75, 3.05) is 19.8 Å². The first-order chi connectivity index (χ1) is 14.9. The summed E-state index contributed by atoms with van der Waals surface area (Å²) in [4.78, 5) is 44.2. The van der Waals surface area contributed by atoms with E-state index in [1.807, 2.05) is 43.1 Å². The Labute approximate surface area is 187 Å². The van der Waals surface area contributed by atoms with E-state index in [0.29, 0.717) is 13.0 Å². The smallest absolute Gasteiger partial charge is 0.311 e. The maximum atomic E-state index is 14.0. The van der Waals surface area contributed by atoms with E-state index in [0.717, 1.165) is 12.8 Å². The molecule has 0 aromatic rings. The average Bonchev–Trinajstić information content (AvgIpc) is 3.04. The van der Waals surface area contributed by atoms with Gasteiger partial charge >= 0.3 is 5.97 Å². The van der Waals surface area contributed by atoms with E-state index in [9.17, 15) is 19.5 Å². The monoisotopic (exact) mass is 448 g/mol. The van der Waals surface area contributed by atoms with E-state index in [4.69, 9.17) is 4.74 Å². The molecule has 0 aromatic carbocycles. The lowest BCUT2D eigenvalue weighted by molar-refractivity contribution is -0.152. The first-order valence-corrected chi connectivity index (χ1v) is 12.2. The van der Waals surface area contributed by atoms with Gasteiger partial charge in [0.25, 0.3) is 0 Å². The minimum atomic E-state index is -0.840. The van der Waals surface area contributed by atoms with E-state index < -0.39 is 28.7 Å². The van der Waals surface area contributed by atoms with Crippen LogP contribution in [0.15, 0.2) is 24.3 Å². The van der Waals surface area contributed by atoms with Crippen LogP contribution in [0, 0.1) is 11.8 Å². The summed E-state index contributed by atoms with van der Waals surface area (Å²) < 4.78 is 4.53. The van der Waals surface area contributed by atoms with Gasteiger partial charge < -0.3 is 19.6 Å². The van der Waals surface area contributed by atoms with Gasteiger partial charge in [0.2, 0.25) is 11.8 Å². The molecule has 2 fully saturated rings. The molecule has 170 valence electrons. The van der Waals surface area contributed by atoms with E-state index >= 15 is 0 Å². The van der Waals surface area contributed by atoms with Gasteiger partial charge in [-0.3, -0.25) is 14.4 Å². The molecule has 31 heavy (non-hydrogen) atoms. The number of aliphatic hydroxyl groups is 1. The fraction of sp³-hybridized carbons (Fsp3) is 0.696. The molecule has 2 unspecified atom stereocenters. The summed E-state index contributed by atoms with van der Waals surface area (Å²) in [7, 11) is 0. The number of hydrogen-bond donors (Lipinski definition) is 1. The molecular formula is C23H32N2O5S. The molecule has 7 atom stereocenters. The molecule has 0 aliphatic carbocycles. The van der Waals surface area contributed by atoms with Crippen LogP contribution in [0.1, 0.15) is 40.0 Å². The zero-order valence-corrected chi connectivity index (χ0v) is 19.2. The second-order valence-corrected chi connectivity index (χ2v) is 10.4. The van der Waals surface area contributed by atoms with Crippen molar-refractivity contribution in [1.82, 2.24) is 9.80 Å². The highest BCUT2D eigenvalue weighted by Crippen LogP contribution is 2.61. The van der Waals surface area contributed by atoms with Crippen molar-refractivity contribution in [3.05, 3.63) is 24.3 Å². The van der Waals surface area contributed by atoms with E-state index in [2.05, 4.69) is 6.92 Å². The third kappa shape index (κ3) is 3.33. The quantitative estimate of drug-likeness (QED) is 0.492. The number of aliphatic hydroxyl groups excluding tert-OH is 1. The molecule has 2 amide bonds. The highest BCUT2D eigenvalue weighted by atomic mass is 32.2. The van der Waals surface area contributed by atoms with Crippen molar-refractivity contribution in [2.45, 2.75) is 68.2 Å². The van der Waals surface area contributed by atoms with Crippen molar-refractivity contribution in [2.24, 2.45) is 11.8 Å². The average molecular weight is 449 g/mol. The molecule has 4 rings (SSSR count). The van der Waals surface area contributed by atoms with Gasteiger partial charge in [-0.25, -0.2) is 0 Å². The summed E-state index contributed by atoms with van der Waals surface area (Å²) in [5, 5.41) is 9.85. The van der Waals surface area contributed by atoms with Crippen LogP contribution in [0.5, 0.6) is 0 Å². The van der Waals surface area contributed by atoms with Crippen LogP contribution in [0.25, 0.3) is 0 Å². The fourth-order valence-corrected chi connectivity index (χ4v) is 7.69. The maximum Gasteiger partial charge on any atom is 0.311 e. The number of thioether (sulfide) groups is 1. The van der Waals surface area contributed by atoms with Gasteiger partial charge in [0.15, 0.2) is 0 Å². The molecular weight excluding hydrogens is 416 g/mol. The highest BCUT2D eigenvalue weighted by Gasteiger charge is 2.71. The Morgan fingerprint density at radius 3 is 2.71 bits per heavy atom. The fourth-order valence-electron chi connectivity index (χ4n) is 5.70. The number of hydrogen-bond acceptors (Lipinski definition) is 6. The number of rotatable bonds is 6. The van der Waals surface area contributed by atoms with E-state index in [1.54, 1.807) is 4.90 Å². The van der Waals surface area contributed by atoms with Crippen LogP contribution in [0.2, 0.25) is 0 Å². The van der Waals surface area contributed by atoms with Crippen LogP contribution in [-0.4, -0.2) is 80.6 Å². The maximum absolute atomic E-state index is 14.0. The molecule has 4 aliphatic rings. The van der Waals surface area contributed by atoms with Gasteiger partial charge in [0.05, 0.1) is 29.2 Å². The Morgan fingerprint density at radius 1 is 1.26 bits per heavy atom. The van der Waals surface area contributed by atoms with Gasteiger partial charge in [-0.1, -0.05) is 44.6 Å². The normalized spacial score (nSPS) is 36.5. The van der Waals surface area contributed by atoms with Gasteiger partial charge in [0.1, 0.15) is 12.6 Å². The van der Waals surface area contributed by atoms with Crippen molar-refractivity contribution in [3.63, 3.8) is 0 Å². The standard InChI is InChI=1S/C23H32N2O5S/c1-4-8-14(3)24-11-7-10-23-18(17-16(31-23)9-6-12-30-22(17)29)20(27)25(15(5-2)13-26)19(23)21(24)28/h6-7,9-10,14-19,26H,4-5,8,11-13H2,1-3H3/t14?,15-,16+,17-,18-,19?,23-/m0/s1. The number of carbonyl (C=O) groups excluding carboxylic acids is 3. The van der Waals surface area contributed by atoms with Crippen LogP contribution >= 0.6 is 11.8 Å². The second kappa shape index (κ2) is 8.62. The number of cyclic esters (lactones) is 1. The molecule has 7 nitrogen and oxygen atoms in total. The third-order valence-electron chi connectivity index (χ3n) is 7.20. The third-order valence-corrected chi connectivity index (χ3v) is 8.94. The largest absolute Gasteiger partial charge is 0.461 e. The van der Waals surface area contributed by atoms with E-state index in [1.165, 1.54) is 11.8 Å². The van der Waals surface area contributed by atoms with Gasteiger partial charge in [-0.05, 0) is 19.8 Å². The number of likely N-dealkylation sites (tertiary alicyclic amines) is 1. The lowest BCUT2D eigenvalue weighted by Crippen LogP contribution is -2.57. The van der Waals surface area contributed by atoms with Gasteiger partial charge in [-0.2, -0.15) is 0 Å². The molecule has 0 aromatic heterocycles. The highest BCUT2D eigenvalue weighted by molar-refractivity contribution is 8.02. The molecule has 1 spiro atoms. The SMILES string of the molecule is CCCC(C)N1CC=C[C@]23S[C@@H]4C=CCOC(=O)[C@@H]4[C@H]2C(=O)N([C@@H](CC)CO)C3C1=O. The molecule has 1 N–H and O–H groups in total. The number of fused-ring (bicyclic) bond motifs is 2. The topological polar surface area (TPSA) is 87.2 Å². The first kappa shape index (κ1) is 22.4. The number of esters is 1. The van der Waals surface area contributed by atoms with Crippen molar-refractivity contribution in [3.8, 4) is 0 Å². The molecule has 0 bridgehead atoms. The molecule has 2 saturated heterocycles. The van der Waals surface area contributed by atoms with Crippen molar-refractivity contribution < 1.29 is 24.2 Å². The number of ether oxygens (including phenoxy) is 1. The lowest BCUT2D eigenvalue weighted by atomic mass is 9.78. The Kier molecular flexibility index (Phi) is 6.23. The van der Waals surface area contributed by atoms with Crippen LogP contribution in [0.4, 0.5) is 0 Å². The molecule has 0 radical (unpaired) electrons.